The molecule has 0 fully saturated rings. The van der Waals surface area contributed by atoms with Gasteiger partial charge in [-0.2, -0.15) is 0 Å². The zero-order valence-corrected chi connectivity index (χ0v) is 12.7. The monoisotopic (exact) mass is 302 g/mol. The largest absolute Gasteiger partial charge is 0.362 e. The summed E-state index contributed by atoms with van der Waals surface area (Å²) in [6.07, 6.45) is 2.68. The van der Waals surface area contributed by atoms with Crippen LogP contribution in [0, 0.1) is 0 Å². The van der Waals surface area contributed by atoms with Crippen LogP contribution in [-0.2, 0) is 13.0 Å². The SMILES string of the molecule is CCN1CCc2c(sc3c2C(=O)N[C@@H](c2ccc[nH]2)N3)C1. The average molecular weight is 302 g/mol. The van der Waals surface area contributed by atoms with E-state index < -0.39 is 0 Å². The van der Waals surface area contributed by atoms with Crippen LogP contribution in [-0.4, -0.2) is 28.9 Å². The van der Waals surface area contributed by atoms with Crippen LogP contribution in [0.3, 0.4) is 0 Å². The van der Waals surface area contributed by atoms with Gasteiger partial charge in [-0.25, -0.2) is 0 Å². The number of thiophene rings is 1. The number of aromatic amines is 1. The van der Waals surface area contributed by atoms with Crippen LogP contribution in [0.1, 0.15) is 39.6 Å². The third-order valence-electron chi connectivity index (χ3n) is 4.29. The molecule has 4 heterocycles. The quantitative estimate of drug-likeness (QED) is 0.798. The van der Waals surface area contributed by atoms with Crippen molar-refractivity contribution in [1.82, 2.24) is 15.2 Å². The highest BCUT2D eigenvalue weighted by molar-refractivity contribution is 7.16. The Balaban J connectivity index is 1.69. The molecule has 21 heavy (non-hydrogen) atoms. The summed E-state index contributed by atoms with van der Waals surface area (Å²) in [5, 5.41) is 7.52. The maximum Gasteiger partial charge on any atom is 0.256 e. The van der Waals surface area contributed by atoms with Crippen LogP contribution >= 0.6 is 11.3 Å². The predicted molar refractivity (Wildman–Crippen MR) is 83.6 cm³/mol. The van der Waals surface area contributed by atoms with Gasteiger partial charge in [0.15, 0.2) is 0 Å². The molecule has 0 spiro atoms. The second-order valence-electron chi connectivity index (χ2n) is 5.50. The fraction of sp³-hybridized carbons (Fsp3) is 0.400. The normalized spacial score (nSPS) is 21.4. The molecular formula is C15H18N4OS. The van der Waals surface area contributed by atoms with Crippen molar-refractivity contribution in [3.8, 4) is 0 Å². The van der Waals surface area contributed by atoms with Gasteiger partial charge < -0.3 is 15.6 Å². The van der Waals surface area contributed by atoms with E-state index in [9.17, 15) is 4.79 Å². The molecule has 2 aliphatic heterocycles. The van der Waals surface area contributed by atoms with E-state index in [1.54, 1.807) is 11.3 Å². The summed E-state index contributed by atoms with van der Waals surface area (Å²) in [7, 11) is 0. The van der Waals surface area contributed by atoms with E-state index in [1.165, 1.54) is 10.4 Å². The van der Waals surface area contributed by atoms with E-state index in [-0.39, 0.29) is 12.1 Å². The van der Waals surface area contributed by atoms with E-state index in [0.717, 1.165) is 42.3 Å². The molecular weight excluding hydrogens is 284 g/mol. The van der Waals surface area contributed by atoms with E-state index in [4.69, 9.17) is 0 Å². The Morgan fingerprint density at radius 3 is 3.10 bits per heavy atom. The van der Waals surface area contributed by atoms with Crippen LogP contribution in [0.25, 0.3) is 0 Å². The van der Waals surface area contributed by atoms with Crippen molar-refractivity contribution in [2.45, 2.75) is 26.1 Å². The number of amides is 1. The number of carbonyl (C=O) groups excluding carboxylic acids is 1. The van der Waals surface area contributed by atoms with E-state index in [1.807, 2.05) is 18.3 Å². The van der Waals surface area contributed by atoms with Crippen molar-refractivity contribution in [2.24, 2.45) is 0 Å². The topological polar surface area (TPSA) is 60.2 Å². The highest BCUT2D eigenvalue weighted by atomic mass is 32.1. The Bertz CT molecular complexity index is 676. The highest BCUT2D eigenvalue weighted by Crippen LogP contribution is 2.40. The third-order valence-corrected chi connectivity index (χ3v) is 5.44. The number of carbonyl (C=O) groups is 1. The molecule has 2 aromatic rings. The summed E-state index contributed by atoms with van der Waals surface area (Å²) in [5.74, 6) is 0.0470. The molecule has 0 aliphatic carbocycles. The highest BCUT2D eigenvalue weighted by Gasteiger charge is 2.33. The minimum absolute atomic E-state index is 0.0470. The summed E-state index contributed by atoms with van der Waals surface area (Å²) in [6.45, 7) is 5.25. The number of nitrogens with one attached hydrogen (secondary N) is 3. The molecule has 6 heteroatoms. The summed E-state index contributed by atoms with van der Waals surface area (Å²) in [4.78, 5) is 19.4. The molecule has 1 atom stereocenters. The molecule has 0 bridgehead atoms. The lowest BCUT2D eigenvalue weighted by atomic mass is 10.0. The van der Waals surface area contributed by atoms with Crippen molar-refractivity contribution in [3.63, 3.8) is 0 Å². The lowest BCUT2D eigenvalue weighted by molar-refractivity contribution is 0.0934. The van der Waals surface area contributed by atoms with E-state index in [2.05, 4.69) is 27.4 Å². The van der Waals surface area contributed by atoms with Crippen molar-refractivity contribution >= 4 is 22.2 Å². The molecule has 0 radical (unpaired) electrons. The molecule has 1 amide bonds. The van der Waals surface area contributed by atoms with Gasteiger partial charge in [0.25, 0.3) is 5.91 Å². The minimum Gasteiger partial charge on any atom is -0.362 e. The summed E-state index contributed by atoms with van der Waals surface area (Å²) >= 11 is 1.73. The summed E-state index contributed by atoms with van der Waals surface area (Å²) in [6, 6.07) is 3.92. The summed E-state index contributed by atoms with van der Waals surface area (Å²) in [5.41, 5.74) is 3.10. The standard InChI is InChI=1S/C15H18N4OS/c1-2-19-7-5-9-11(8-19)21-15-12(9)14(20)17-13(18-15)10-4-3-6-16-10/h3-4,6,13,16,18H,2,5,7-8H2,1H3,(H,17,20)/t13-/m1/s1. The number of hydrogen-bond donors (Lipinski definition) is 3. The molecule has 0 unspecified atom stereocenters. The number of fused-ring (bicyclic) bond motifs is 3. The van der Waals surface area contributed by atoms with Gasteiger partial charge in [-0.15, -0.1) is 11.3 Å². The maximum absolute atomic E-state index is 12.5. The number of likely N-dealkylation sites (N-methyl/N-ethyl adjacent to an activating group) is 1. The first-order chi connectivity index (χ1) is 10.3. The van der Waals surface area contributed by atoms with Crippen molar-refractivity contribution in [3.05, 3.63) is 40.0 Å². The van der Waals surface area contributed by atoms with Crippen LogP contribution in [0.2, 0.25) is 0 Å². The fourth-order valence-corrected chi connectivity index (χ4v) is 4.43. The Kier molecular flexibility index (Phi) is 3.01. The lowest BCUT2D eigenvalue weighted by Crippen LogP contribution is -2.39. The number of H-pyrrole nitrogens is 1. The fourth-order valence-electron chi connectivity index (χ4n) is 3.12. The second kappa shape index (κ2) is 4.89. The molecule has 3 N–H and O–H groups in total. The van der Waals surface area contributed by atoms with Crippen LogP contribution in [0.15, 0.2) is 18.3 Å². The molecule has 5 nitrogen and oxygen atoms in total. The Labute approximate surface area is 127 Å². The molecule has 4 rings (SSSR count). The Hall–Kier alpha value is -1.79. The first kappa shape index (κ1) is 12.9. The van der Waals surface area contributed by atoms with Crippen molar-refractivity contribution in [1.29, 1.82) is 0 Å². The Morgan fingerprint density at radius 1 is 1.43 bits per heavy atom. The third kappa shape index (κ3) is 2.06. The minimum atomic E-state index is -0.164. The number of anilines is 1. The van der Waals surface area contributed by atoms with Gasteiger partial charge in [0.1, 0.15) is 11.2 Å². The van der Waals surface area contributed by atoms with E-state index >= 15 is 0 Å². The van der Waals surface area contributed by atoms with Gasteiger partial charge in [0.2, 0.25) is 0 Å². The van der Waals surface area contributed by atoms with Crippen LogP contribution in [0.4, 0.5) is 5.00 Å². The zero-order chi connectivity index (χ0) is 14.4. The average Bonchev–Trinajstić information content (AvgIpc) is 3.13. The number of hydrogen-bond acceptors (Lipinski definition) is 4. The number of nitrogens with zero attached hydrogens (tertiary/aromatic N) is 1. The van der Waals surface area contributed by atoms with E-state index in [0.29, 0.717) is 0 Å². The second-order valence-corrected chi connectivity index (χ2v) is 6.61. The molecule has 2 aromatic heterocycles. The molecule has 0 saturated carbocycles. The van der Waals surface area contributed by atoms with Gasteiger partial charge in [-0.1, -0.05) is 6.92 Å². The summed E-state index contributed by atoms with van der Waals surface area (Å²) < 4.78 is 0. The maximum atomic E-state index is 12.5. The van der Waals surface area contributed by atoms with Gasteiger partial charge in [-0.3, -0.25) is 9.69 Å². The molecule has 0 saturated heterocycles. The van der Waals surface area contributed by atoms with Gasteiger partial charge in [-0.05, 0) is 30.7 Å². The van der Waals surface area contributed by atoms with Crippen LogP contribution < -0.4 is 10.6 Å². The molecule has 110 valence electrons. The lowest BCUT2D eigenvalue weighted by Gasteiger charge is -2.27. The first-order valence-electron chi connectivity index (χ1n) is 7.34. The Morgan fingerprint density at radius 2 is 2.33 bits per heavy atom. The molecule has 0 aromatic carbocycles. The number of rotatable bonds is 2. The predicted octanol–water partition coefficient (Wildman–Crippen LogP) is 2.31. The van der Waals surface area contributed by atoms with Crippen LogP contribution in [0.5, 0.6) is 0 Å². The van der Waals surface area contributed by atoms with Gasteiger partial charge in [0, 0.05) is 24.2 Å². The van der Waals surface area contributed by atoms with Gasteiger partial charge in [0.05, 0.1) is 11.3 Å². The van der Waals surface area contributed by atoms with Crippen molar-refractivity contribution < 1.29 is 4.79 Å². The van der Waals surface area contributed by atoms with Crippen molar-refractivity contribution in [2.75, 3.05) is 18.4 Å². The van der Waals surface area contributed by atoms with Gasteiger partial charge >= 0.3 is 0 Å². The molecule has 2 aliphatic rings. The zero-order valence-electron chi connectivity index (χ0n) is 11.9. The smallest absolute Gasteiger partial charge is 0.256 e. The first-order valence-corrected chi connectivity index (χ1v) is 8.15. The number of aromatic nitrogens is 1.